The summed E-state index contributed by atoms with van der Waals surface area (Å²) in [5.74, 6) is 1.28. The molecule has 24 heavy (non-hydrogen) atoms. The Bertz CT molecular complexity index is 943. The van der Waals surface area contributed by atoms with Gasteiger partial charge in [0.25, 0.3) is 5.24 Å². The maximum atomic E-state index is 11.9. The molecule has 1 aromatic heterocycles. The van der Waals surface area contributed by atoms with Gasteiger partial charge in [0.05, 0.1) is 25.4 Å². The quantitative estimate of drug-likeness (QED) is 0.568. The van der Waals surface area contributed by atoms with Crippen LogP contribution in [0.4, 0.5) is 0 Å². The minimum absolute atomic E-state index is 0.399. The van der Waals surface area contributed by atoms with Gasteiger partial charge in [-0.3, -0.25) is 4.79 Å². The molecule has 0 aliphatic rings. The molecule has 0 bridgehead atoms. The van der Waals surface area contributed by atoms with Gasteiger partial charge in [0, 0.05) is 27.1 Å². The summed E-state index contributed by atoms with van der Waals surface area (Å²) in [6.45, 7) is 0. The second kappa shape index (κ2) is 6.79. The van der Waals surface area contributed by atoms with Crippen LogP contribution in [-0.4, -0.2) is 24.4 Å². The summed E-state index contributed by atoms with van der Waals surface area (Å²) in [4.78, 5) is 16.5. The van der Waals surface area contributed by atoms with Crippen molar-refractivity contribution in [3.05, 3.63) is 52.5 Å². The molecule has 0 amide bonds. The van der Waals surface area contributed by atoms with Crippen molar-refractivity contribution in [3.63, 3.8) is 0 Å². The third-order valence-electron chi connectivity index (χ3n) is 3.67. The molecule has 122 valence electrons. The smallest absolute Gasteiger partial charge is 0.253 e. The first-order valence-corrected chi connectivity index (χ1v) is 8.23. The first-order chi connectivity index (χ1) is 11.5. The van der Waals surface area contributed by atoms with E-state index in [2.05, 4.69) is 20.9 Å². The summed E-state index contributed by atoms with van der Waals surface area (Å²) in [7, 11) is 3.16. The fourth-order valence-corrected chi connectivity index (χ4v) is 3.03. The Labute approximate surface area is 152 Å². The molecular weight excluding hydrogens is 394 g/mol. The van der Waals surface area contributed by atoms with Gasteiger partial charge in [-0.1, -0.05) is 15.9 Å². The van der Waals surface area contributed by atoms with E-state index in [4.69, 9.17) is 21.1 Å². The third kappa shape index (κ3) is 3.09. The molecule has 0 saturated heterocycles. The van der Waals surface area contributed by atoms with Gasteiger partial charge in [0.2, 0.25) is 0 Å². The molecule has 6 heteroatoms. The van der Waals surface area contributed by atoms with E-state index >= 15 is 0 Å². The SMILES string of the molecule is COc1ccc(-c2cc(C(=O)Cl)c3cc(Br)ccc3n2)c(OC)c1. The number of carbonyl (C=O) groups is 1. The van der Waals surface area contributed by atoms with Gasteiger partial charge in [0.1, 0.15) is 11.5 Å². The van der Waals surface area contributed by atoms with Crippen molar-refractivity contribution in [1.82, 2.24) is 4.98 Å². The van der Waals surface area contributed by atoms with Crippen molar-refractivity contribution in [2.75, 3.05) is 14.2 Å². The molecule has 0 N–H and O–H groups in total. The van der Waals surface area contributed by atoms with Crippen molar-refractivity contribution in [2.24, 2.45) is 0 Å². The van der Waals surface area contributed by atoms with Crippen LogP contribution in [-0.2, 0) is 0 Å². The van der Waals surface area contributed by atoms with Crippen LogP contribution in [0.25, 0.3) is 22.2 Å². The zero-order chi connectivity index (χ0) is 17.3. The lowest BCUT2D eigenvalue weighted by atomic mass is 10.0. The number of nitrogens with zero attached hydrogens (tertiary/aromatic N) is 1. The van der Waals surface area contributed by atoms with Crippen LogP contribution >= 0.6 is 27.5 Å². The lowest BCUT2D eigenvalue weighted by Gasteiger charge is -2.12. The number of hydrogen-bond acceptors (Lipinski definition) is 4. The fraction of sp³-hybridized carbons (Fsp3) is 0.111. The zero-order valence-corrected chi connectivity index (χ0v) is 15.3. The number of fused-ring (bicyclic) bond motifs is 1. The molecule has 2 aromatic carbocycles. The molecule has 0 aliphatic heterocycles. The van der Waals surface area contributed by atoms with E-state index in [1.54, 1.807) is 26.4 Å². The Morgan fingerprint density at radius 3 is 2.54 bits per heavy atom. The summed E-state index contributed by atoms with van der Waals surface area (Å²) in [5.41, 5.74) is 2.43. The number of pyridine rings is 1. The maximum Gasteiger partial charge on any atom is 0.253 e. The molecule has 0 fully saturated rings. The van der Waals surface area contributed by atoms with Crippen LogP contribution in [0.5, 0.6) is 11.5 Å². The lowest BCUT2D eigenvalue weighted by Crippen LogP contribution is -1.97. The van der Waals surface area contributed by atoms with Gasteiger partial charge in [-0.25, -0.2) is 4.98 Å². The number of carbonyl (C=O) groups excluding carboxylic acids is 1. The Balaban J connectivity index is 2.27. The van der Waals surface area contributed by atoms with Crippen LogP contribution in [0.3, 0.4) is 0 Å². The highest BCUT2D eigenvalue weighted by molar-refractivity contribution is 9.10. The van der Waals surface area contributed by atoms with E-state index in [1.807, 2.05) is 30.3 Å². The van der Waals surface area contributed by atoms with Gasteiger partial charge in [-0.2, -0.15) is 0 Å². The van der Waals surface area contributed by atoms with Crippen molar-refractivity contribution in [1.29, 1.82) is 0 Å². The van der Waals surface area contributed by atoms with Crippen molar-refractivity contribution >= 4 is 43.7 Å². The molecule has 0 atom stereocenters. The number of benzene rings is 2. The average Bonchev–Trinajstić information content (AvgIpc) is 2.60. The molecular formula is C18H13BrClNO3. The summed E-state index contributed by atoms with van der Waals surface area (Å²) in [6, 6.07) is 12.6. The van der Waals surface area contributed by atoms with E-state index in [1.165, 1.54) is 0 Å². The first kappa shape index (κ1) is 16.7. The number of ether oxygens (including phenoxy) is 2. The molecule has 0 unspecified atom stereocenters. The second-order valence-electron chi connectivity index (χ2n) is 5.06. The fourth-order valence-electron chi connectivity index (χ4n) is 2.51. The van der Waals surface area contributed by atoms with Crippen molar-refractivity contribution in [3.8, 4) is 22.8 Å². The van der Waals surface area contributed by atoms with Gasteiger partial charge in [-0.15, -0.1) is 0 Å². The molecule has 1 heterocycles. The average molecular weight is 407 g/mol. The standard InChI is InChI=1S/C18H13BrClNO3/c1-23-11-4-5-12(17(8-11)24-2)16-9-14(18(20)22)13-7-10(19)3-6-15(13)21-16/h3-9H,1-2H3. The highest BCUT2D eigenvalue weighted by Crippen LogP contribution is 2.35. The Morgan fingerprint density at radius 2 is 1.88 bits per heavy atom. The highest BCUT2D eigenvalue weighted by atomic mass is 79.9. The molecule has 0 saturated carbocycles. The predicted molar refractivity (Wildman–Crippen MR) is 98.2 cm³/mol. The summed E-state index contributed by atoms with van der Waals surface area (Å²) in [5, 5.41) is 0.162. The summed E-state index contributed by atoms with van der Waals surface area (Å²) in [6.07, 6.45) is 0. The molecule has 0 spiro atoms. The summed E-state index contributed by atoms with van der Waals surface area (Å²) >= 11 is 9.18. The Morgan fingerprint density at radius 1 is 1.08 bits per heavy atom. The molecule has 4 nitrogen and oxygen atoms in total. The van der Waals surface area contributed by atoms with Crippen LogP contribution in [0, 0.1) is 0 Å². The van der Waals surface area contributed by atoms with E-state index in [9.17, 15) is 4.79 Å². The molecule has 3 aromatic rings. The van der Waals surface area contributed by atoms with Gasteiger partial charge in [0.15, 0.2) is 0 Å². The number of methoxy groups -OCH3 is 2. The van der Waals surface area contributed by atoms with Crippen LogP contribution < -0.4 is 9.47 Å². The van der Waals surface area contributed by atoms with E-state index in [-0.39, 0.29) is 0 Å². The second-order valence-corrected chi connectivity index (χ2v) is 6.32. The maximum absolute atomic E-state index is 11.9. The number of hydrogen-bond donors (Lipinski definition) is 0. The Hall–Kier alpha value is -2.11. The van der Waals surface area contributed by atoms with Gasteiger partial charge >= 0.3 is 0 Å². The largest absolute Gasteiger partial charge is 0.497 e. The zero-order valence-electron chi connectivity index (χ0n) is 13.0. The topological polar surface area (TPSA) is 48.4 Å². The molecule has 0 aliphatic carbocycles. The monoisotopic (exact) mass is 405 g/mol. The lowest BCUT2D eigenvalue weighted by molar-refractivity contribution is 0.108. The first-order valence-electron chi connectivity index (χ1n) is 7.06. The molecule has 0 radical (unpaired) electrons. The van der Waals surface area contributed by atoms with Crippen LogP contribution in [0.2, 0.25) is 0 Å². The number of aromatic nitrogens is 1. The van der Waals surface area contributed by atoms with E-state index in [0.717, 1.165) is 10.0 Å². The van der Waals surface area contributed by atoms with Crippen molar-refractivity contribution < 1.29 is 14.3 Å². The minimum atomic E-state index is -0.533. The van der Waals surface area contributed by atoms with Gasteiger partial charge < -0.3 is 9.47 Å². The minimum Gasteiger partial charge on any atom is -0.497 e. The summed E-state index contributed by atoms with van der Waals surface area (Å²) < 4.78 is 11.5. The van der Waals surface area contributed by atoms with Gasteiger partial charge in [-0.05, 0) is 48.0 Å². The number of rotatable bonds is 4. The number of halogens is 2. The van der Waals surface area contributed by atoms with Crippen LogP contribution in [0.15, 0.2) is 46.9 Å². The van der Waals surface area contributed by atoms with E-state index < -0.39 is 5.24 Å². The molecule has 3 rings (SSSR count). The predicted octanol–water partition coefficient (Wildman–Crippen LogP) is 5.06. The highest BCUT2D eigenvalue weighted by Gasteiger charge is 2.15. The Kier molecular flexibility index (Phi) is 4.73. The van der Waals surface area contributed by atoms with Crippen molar-refractivity contribution in [2.45, 2.75) is 0 Å². The normalized spacial score (nSPS) is 10.7. The van der Waals surface area contributed by atoms with E-state index in [0.29, 0.717) is 33.7 Å². The van der Waals surface area contributed by atoms with Crippen LogP contribution in [0.1, 0.15) is 10.4 Å². The third-order valence-corrected chi connectivity index (χ3v) is 4.36.